The van der Waals surface area contributed by atoms with Crippen molar-refractivity contribution in [3.63, 3.8) is 0 Å². The van der Waals surface area contributed by atoms with Gasteiger partial charge in [-0.05, 0) is 12.8 Å². The molecule has 0 aromatic carbocycles. The van der Waals surface area contributed by atoms with Crippen molar-refractivity contribution in [3.8, 4) is 0 Å². The Morgan fingerprint density at radius 1 is 1.00 bits per heavy atom. The lowest BCUT2D eigenvalue weighted by atomic mass is 9.83. The van der Waals surface area contributed by atoms with Gasteiger partial charge in [0.15, 0.2) is 0 Å². The molecule has 0 saturated carbocycles. The highest BCUT2D eigenvalue weighted by Crippen LogP contribution is 2.27. The van der Waals surface area contributed by atoms with Crippen LogP contribution in [0, 0.1) is 11.8 Å². The zero-order valence-electron chi connectivity index (χ0n) is 8.36. The number of methoxy groups -OCH3 is 2. The highest BCUT2D eigenvalue weighted by Gasteiger charge is 2.35. The summed E-state index contributed by atoms with van der Waals surface area (Å²) >= 11 is 0. The summed E-state index contributed by atoms with van der Waals surface area (Å²) in [6, 6.07) is 0. The van der Waals surface area contributed by atoms with Crippen molar-refractivity contribution in [2.24, 2.45) is 11.8 Å². The van der Waals surface area contributed by atoms with Gasteiger partial charge < -0.3 is 9.47 Å². The zero-order chi connectivity index (χ0) is 10.6. The van der Waals surface area contributed by atoms with Crippen LogP contribution in [0.5, 0.6) is 0 Å². The molecular formula is C10H14O4. The average Bonchev–Trinajstić information content (AvgIpc) is 2.27. The van der Waals surface area contributed by atoms with Gasteiger partial charge in [0.1, 0.15) is 0 Å². The lowest BCUT2D eigenvalue weighted by molar-refractivity contribution is -0.157. The van der Waals surface area contributed by atoms with Crippen LogP contribution in [0.2, 0.25) is 0 Å². The van der Waals surface area contributed by atoms with Crippen LogP contribution in [0.3, 0.4) is 0 Å². The smallest absolute Gasteiger partial charge is 0.309 e. The molecule has 0 aromatic rings. The maximum Gasteiger partial charge on any atom is 0.309 e. The fourth-order valence-corrected chi connectivity index (χ4v) is 1.64. The molecule has 0 aromatic heterocycles. The van der Waals surface area contributed by atoms with E-state index in [1.54, 1.807) is 0 Å². The Hall–Kier alpha value is -1.32. The van der Waals surface area contributed by atoms with Crippen molar-refractivity contribution in [1.29, 1.82) is 0 Å². The number of carbonyl (C=O) groups is 2. The largest absolute Gasteiger partial charge is 0.469 e. The van der Waals surface area contributed by atoms with Crippen LogP contribution in [-0.4, -0.2) is 26.2 Å². The SMILES string of the molecule is COC(=O)[C@H]1CC=CC[C@H]1C(=O)OC. The Morgan fingerprint density at radius 3 is 1.64 bits per heavy atom. The van der Waals surface area contributed by atoms with Gasteiger partial charge in [0.2, 0.25) is 0 Å². The van der Waals surface area contributed by atoms with Gasteiger partial charge in [0.05, 0.1) is 26.1 Å². The van der Waals surface area contributed by atoms with Crippen LogP contribution in [0.1, 0.15) is 12.8 Å². The summed E-state index contributed by atoms with van der Waals surface area (Å²) in [6.07, 6.45) is 4.88. The molecule has 1 aliphatic rings. The van der Waals surface area contributed by atoms with Crippen LogP contribution in [-0.2, 0) is 19.1 Å². The van der Waals surface area contributed by atoms with E-state index in [1.807, 2.05) is 12.2 Å². The average molecular weight is 198 g/mol. The first-order valence-electron chi connectivity index (χ1n) is 4.51. The summed E-state index contributed by atoms with van der Waals surface area (Å²) < 4.78 is 9.27. The summed E-state index contributed by atoms with van der Waals surface area (Å²) in [6.45, 7) is 0. The molecule has 0 amide bonds. The summed E-state index contributed by atoms with van der Waals surface area (Å²) in [4.78, 5) is 22.7. The van der Waals surface area contributed by atoms with Gasteiger partial charge in [-0.3, -0.25) is 9.59 Å². The van der Waals surface area contributed by atoms with Crippen molar-refractivity contribution in [2.75, 3.05) is 14.2 Å². The van der Waals surface area contributed by atoms with Crippen molar-refractivity contribution in [3.05, 3.63) is 12.2 Å². The van der Waals surface area contributed by atoms with Gasteiger partial charge in [-0.1, -0.05) is 12.2 Å². The molecule has 78 valence electrons. The molecule has 0 fully saturated rings. The molecule has 0 N–H and O–H groups in total. The van der Waals surface area contributed by atoms with E-state index in [9.17, 15) is 9.59 Å². The third kappa shape index (κ3) is 2.13. The van der Waals surface area contributed by atoms with Gasteiger partial charge >= 0.3 is 11.9 Å². The van der Waals surface area contributed by atoms with Crippen molar-refractivity contribution < 1.29 is 19.1 Å². The van der Waals surface area contributed by atoms with Gasteiger partial charge in [-0.25, -0.2) is 0 Å². The topological polar surface area (TPSA) is 52.6 Å². The molecule has 2 atom stereocenters. The second kappa shape index (κ2) is 4.79. The van der Waals surface area contributed by atoms with E-state index in [0.29, 0.717) is 12.8 Å². The minimum absolute atomic E-state index is 0.343. The van der Waals surface area contributed by atoms with Crippen LogP contribution < -0.4 is 0 Å². The van der Waals surface area contributed by atoms with Crippen LogP contribution in [0.25, 0.3) is 0 Å². The maximum atomic E-state index is 11.3. The maximum absolute atomic E-state index is 11.3. The number of rotatable bonds is 2. The molecule has 4 nitrogen and oxygen atoms in total. The number of carbonyl (C=O) groups excluding carboxylic acids is 2. The predicted molar refractivity (Wildman–Crippen MR) is 49.4 cm³/mol. The first kappa shape index (κ1) is 10.8. The number of hydrogen-bond acceptors (Lipinski definition) is 4. The van der Waals surface area contributed by atoms with Gasteiger partial charge in [-0.2, -0.15) is 0 Å². The second-order valence-electron chi connectivity index (χ2n) is 3.20. The molecule has 0 bridgehead atoms. The van der Waals surface area contributed by atoms with Crippen LogP contribution in [0.4, 0.5) is 0 Å². The van der Waals surface area contributed by atoms with Crippen LogP contribution in [0.15, 0.2) is 12.2 Å². The monoisotopic (exact) mass is 198 g/mol. The van der Waals surface area contributed by atoms with Crippen molar-refractivity contribution in [1.82, 2.24) is 0 Å². The molecule has 0 spiro atoms. The quantitative estimate of drug-likeness (QED) is 0.489. The lowest BCUT2D eigenvalue weighted by Gasteiger charge is -2.23. The molecule has 1 aliphatic carbocycles. The van der Waals surface area contributed by atoms with Gasteiger partial charge in [0.25, 0.3) is 0 Å². The lowest BCUT2D eigenvalue weighted by Crippen LogP contribution is -2.32. The van der Waals surface area contributed by atoms with Crippen molar-refractivity contribution >= 4 is 11.9 Å². The third-order valence-electron chi connectivity index (χ3n) is 2.44. The van der Waals surface area contributed by atoms with E-state index in [1.165, 1.54) is 14.2 Å². The molecule has 0 aliphatic heterocycles. The zero-order valence-corrected chi connectivity index (χ0v) is 8.36. The Balaban J connectivity index is 2.75. The molecule has 0 unspecified atom stereocenters. The molecular weight excluding hydrogens is 184 g/mol. The van der Waals surface area contributed by atoms with E-state index in [2.05, 4.69) is 9.47 Å². The first-order valence-corrected chi connectivity index (χ1v) is 4.51. The first-order chi connectivity index (χ1) is 6.70. The number of hydrogen-bond donors (Lipinski definition) is 0. The Labute approximate surface area is 82.9 Å². The Kier molecular flexibility index (Phi) is 3.68. The second-order valence-corrected chi connectivity index (χ2v) is 3.20. The van der Waals surface area contributed by atoms with Crippen LogP contribution >= 0.6 is 0 Å². The van der Waals surface area contributed by atoms with E-state index >= 15 is 0 Å². The normalized spacial score (nSPS) is 25.6. The summed E-state index contributed by atoms with van der Waals surface area (Å²) in [5, 5.41) is 0. The van der Waals surface area contributed by atoms with Crippen molar-refractivity contribution in [2.45, 2.75) is 12.8 Å². The summed E-state index contributed by atoms with van der Waals surface area (Å²) in [5.74, 6) is -1.47. The summed E-state index contributed by atoms with van der Waals surface area (Å²) in [5.41, 5.74) is 0. The highest BCUT2D eigenvalue weighted by atomic mass is 16.5. The predicted octanol–water partition coefficient (Wildman–Crippen LogP) is 0.915. The standard InChI is InChI=1S/C10H14O4/c1-13-9(11)7-5-3-4-6-8(7)10(12)14-2/h3-4,7-8H,5-6H2,1-2H3/t7-,8+. The summed E-state index contributed by atoms with van der Waals surface area (Å²) in [7, 11) is 2.66. The minimum Gasteiger partial charge on any atom is -0.469 e. The van der Waals surface area contributed by atoms with E-state index in [0.717, 1.165) is 0 Å². The third-order valence-corrected chi connectivity index (χ3v) is 2.44. The molecule has 4 heteroatoms. The fraction of sp³-hybridized carbons (Fsp3) is 0.600. The molecule has 0 saturated heterocycles. The minimum atomic E-state index is -0.391. The number of allylic oxidation sites excluding steroid dienone is 2. The Morgan fingerprint density at radius 2 is 1.36 bits per heavy atom. The number of ether oxygens (including phenoxy) is 2. The fourth-order valence-electron chi connectivity index (χ4n) is 1.64. The Bertz CT molecular complexity index is 231. The molecule has 0 radical (unpaired) electrons. The number of esters is 2. The molecule has 0 heterocycles. The highest BCUT2D eigenvalue weighted by molar-refractivity contribution is 5.82. The van der Waals surface area contributed by atoms with Gasteiger partial charge in [0, 0.05) is 0 Å². The van der Waals surface area contributed by atoms with Gasteiger partial charge in [-0.15, -0.1) is 0 Å². The molecule has 14 heavy (non-hydrogen) atoms. The van der Waals surface area contributed by atoms with E-state index < -0.39 is 11.8 Å². The molecule has 1 rings (SSSR count). The van der Waals surface area contributed by atoms with E-state index in [4.69, 9.17) is 0 Å². The van der Waals surface area contributed by atoms with E-state index in [-0.39, 0.29) is 11.9 Å².